The predicted molar refractivity (Wildman–Crippen MR) is 81.2 cm³/mol. The molecular formula is C14H20N4O2S. The standard InChI is InChI=1S/C14H20N4O2S/c1-8-2-3-10-11(6-8)21-13(16-10)17-14(20)18-5-4-9(7-18)12(15)19/h8-9H,2-7H2,1H3,(H2,15,19)(H,16,17,20)/t8-,9-/m0/s1. The second-order valence-electron chi connectivity index (χ2n) is 6.00. The lowest BCUT2D eigenvalue weighted by Gasteiger charge is -2.15. The Balaban J connectivity index is 1.62. The molecule has 114 valence electrons. The molecule has 0 radical (unpaired) electrons. The number of hydrogen-bond acceptors (Lipinski definition) is 4. The molecule has 0 bridgehead atoms. The highest BCUT2D eigenvalue weighted by Gasteiger charge is 2.30. The molecular weight excluding hydrogens is 288 g/mol. The molecule has 2 aliphatic rings. The SMILES string of the molecule is C[C@H]1CCc2nc(NC(=O)N3CC[C@H](C(N)=O)C3)sc2C1. The van der Waals surface area contributed by atoms with Gasteiger partial charge in [-0.15, -0.1) is 11.3 Å². The Kier molecular flexibility index (Phi) is 3.84. The van der Waals surface area contributed by atoms with E-state index >= 15 is 0 Å². The molecule has 2 atom stereocenters. The van der Waals surface area contributed by atoms with Crippen molar-refractivity contribution in [3.63, 3.8) is 0 Å². The first-order chi connectivity index (χ1) is 10.0. The van der Waals surface area contributed by atoms with Crippen molar-refractivity contribution in [2.75, 3.05) is 18.4 Å². The Hall–Kier alpha value is -1.63. The van der Waals surface area contributed by atoms with Crippen LogP contribution in [0.3, 0.4) is 0 Å². The van der Waals surface area contributed by atoms with Crippen LogP contribution in [0, 0.1) is 11.8 Å². The van der Waals surface area contributed by atoms with Gasteiger partial charge in [0.1, 0.15) is 0 Å². The predicted octanol–water partition coefficient (Wildman–Crippen LogP) is 1.61. The van der Waals surface area contributed by atoms with E-state index in [-0.39, 0.29) is 17.9 Å². The van der Waals surface area contributed by atoms with Crippen molar-refractivity contribution in [3.8, 4) is 0 Å². The zero-order valence-electron chi connectivity index (χ0n) is 12.1. The summed E-state index contributed by atoms with van der Waals surface area (Å²) >= 11 is 1.57. The number of urea groups is 1. The second kappa shape index (κ2) is 5.63. The number of primary amides is 1. The normalized spacial score (nSPS) is 24.7. The molecule has 7 heteroatoms. The Labute approximate surface area is 127 Å². The van der Waals surface area contributed by atoms with E-state index in [0.717, 1.165) is 25.0 Å². The van der Waals surface area contributed by atoms with Crippen LogP contribution >= 0.6 is 11.3 Å². The molecule has 3 N–H and O–H groups in total. The van der Waals surface area contributed by atoms with Crippen LogP contribution in [0.25, 0.3) is 0 Å². The monoisotopic (exact) mass is 308 g/mol. The summed E-state index contributed by atoms with van der Waals surface area (Å²) < 4.78 is 0. The zero-order valence-corrected chi connectivity index (χ0v) is 12.9. The summed E-state index contributed by atoms with van der Waals surface area (Å²) in [6, 6.07) is -0.183. The molecule has 1 aromatic rings. The number of anilines is 1. The highest BCUT2D eigenvalue weighted by atomic mass is 32.1. The van der Waals surface area contributed by atoms with E-state index in [9.17, 15) is 9.59 Å². The largest absolute Gasteiger partial charge is 0.369 e. The van der Waals surface area contributed by atoms with E-state index < -0.39 is 0 Å². The molecule has 6 nitrogen and oxygen atoms in total. The number of hydrogen-bond donors (Lipinski definition) is 2. The van der Waals surface area contributed by atoms with Gasteiger partial charge >= 0.3 is 6.03 Å². The molecule has 0 saturated carbocycles. The van der Waals surface area contributed by atoms with Crippen LogP contribution in [0.5, 0.6) is 0 Å². The summed E-state index contributed by atoms with van der Waals surface area (Å²) in [5.74, 6) is 0.140. The highest BCUT2D eigenvalue weighted by molar-refractivity contribution is 7.15. The third kappa shape index (κ3) is 3.02. The zero-order chi connectivity index (χ0) is 15.0. The average molecular weight is 308 g/mol. The fourth-order valence-corrected chi connectivity index (χ4v) is 4.10. The molecule has 21 heavy (non-hydrogen) atoms. The minimum Gasteiger partial charge on any atom is -0.369 e. The Morgan fingerprint density at radius 3 is 2.95 bits per heavy atom. The first-order valence-electron chi connectivity index (χ1n) is 7.36. The van der Waals surface area contributed by atoms with Crippen LogP contribution < -0.4 is 11.1 Å². The molecule has 1 aliphatic carbocycles. The van der Waals surface area contributed by atoms with E-state index in [1.54, 1.807) is 16.2 Å². The molecule has 3 amide bonds. The quantitative estimate of drug-likeness (QED) is 0.870. The van der Waals surface area contributed by atoms with Gasteiger partial charge in [0.25, 0.3) is 0 Å². The van der Waals surface area contributed by atoms with E-state index in [4.69, 9.17) is 5.73 Å². The summed E-state index contributed by atoms with van der Waals surface area (Å²) in [5, 5.41) is 3.53. The maximum absolute atomic E-state index is 12.2. The van der Waals surface area contributed by atoms with Gasteiger partial charge in [0, 0.05) is 18.0 Å². The first kappa shape index (κ1) is 14.3. The number of amides is 3. The third-order valence-electron chi connectivity index (χ3n) is 4.28. The lowest BCUT2D eigenvalue weighted by atomic mass is 9.93. The fourth-order valence-electron chi connectivity index (χ4n) is 2.94. The summed E-state index contributed by atoms with van der Waals surface area (Å²) in [5.41, 5.74) is 6.41. The van der Waals surface area contributed by atoms with Gasteiger partial charge in [-0.2, -0.15) is 0 Å². The molecule has 3 rings (SSSR count). The summed E-state index contributed by atoms with van der Waals surface area (Å²) in [6.45, 7) is 3.22. The average Bonchev–Trinajstić information content (AvgIpc) is 3.03. The number of likely N-dealkylation sites (tertiary alicyclic amines) is 1. The van der Waals surface area contributed by atoms with Crippen LogP contribution in [-0.2, 0) is 17.6 Å². The van der Waals surface area contributed by atoms with E-state index in [1.807, 2.05) is 0 Å². The van der Waals surface area contributed by atoms with Gasteiger partial charge in [0.15, 0.2) is 5.13 Å². The van der Waals surface area contributed by atoms with Gasteiger partial charge in [0.05, 0.1) is 11.6 Å². The van der Waals surface area contributed by atoms with Crippen molar-refractivity contribution in [2.45, 2.75) is 32.6 Å². The van der Waals surface area contributed by atoms with Gasteiger partial charge < -0.3 is 10.6 Å². The topological polar surface area (TPSA) is 88.3 Å². The van der Waals surface area contributed by atoms with Gasteiger partial charge in [-0.25, -0.2) is 9.78 Å². The maximum Gasteiger partial charge on any atom is 0.323 e. The number of carbonyl (C=O) groups is 2. The van der Waals surface area contributed by atoms with Crippen molar-refractivity contribution < 1.29 is 9.59 Å². The number of carbonyl (C=O) groups excluding carboxylic acids is 2. The molecule has 1 aliphatic heterocycles. The number of aromatic nitrogens is 1. The van der Waals surface area contributed by atoms with Crippen LogP contribution in [0.4, 0.5) is 9.93 Å². The molecule has 2 heterocycles. The molecule has 0 aromatic carbocycles. The number of thiazole rings is 1. The van der Waals surface area contributed by atoms with Gasteiger partial charge in [-0.3, -0.25) is 10.1 Å². The first-order valence-corrected chi connectivity index (χ1v) is 8.18. The fraction of sp³-hybridized carbons (Fsp3) is 0.643. The highest BCUT2D eigenvalue weighted by Crippen LogP contribution is 2.32. The van der Waals surface area contributed by atoms with Crippen LogP contribution in [0.1, 0.15) is 30.3 Å². The van der Waals surface area contributed by atoms with Gasteiger partial charge in [-0.05, 0) is 31.6 Å². The lowest BCUT2D eigenvalue weighted by Crippen LogP contribution is -2.34. The van der Waals surface area contributed by atoms with Crippen molar-refractivity contribution in [3.05, 3.63) is 10.6 Å². The van der Waals surface area contributed by atoms with Crippen LogP contribution in [0.2, 0.25) is 0 Å². The number of nitrogens with zero attached hydrogens (tertiary/aromatic N) is 2. The smallest absolute Gasteiger partial charge is 0.323 e. The van der Waals surface area contributed by atoms with E-state index in [1.165, 1.54) is 4.88 Å². The van der Waals surface area contributed by atoms with Crippen molar-refractivity contribution in [2.24, 2.45) is 17.6 Å². The van der Waals surface area contributed by atoms with E-state index in [0.29, 0.717) is 30.6 Å². The summed E-state index contributed by atoms with van der Waals surface area (Å²) in [7, 11) is 0. The van der Waals surface area contributed by atoms with Crippen molar-refractivity contribution in [1.29, 1.82) is 0 Å². The van der Waals surface area contributed by atoms with Gasteiger partial charge in [0.2, 0.25) is 5.91 Å². The molecule has 1 aromatic heterocycles. The van der Waals surface area contributed by atoms with Crippen molar-refractivity contribution in [1.82, 2.24) is 9.88 Å². The Morgan fingerprint density at radius 1 is 1.43 bits per heavy atom. The lowest BCUT2D eigenvalue weighted by molar-refractivity contribution is -0.121. The number of rotatable bonds is 2. The van der Waals surface area contributed by atoms with Crippen LogP contribution in [-0.4, -0.2) is 34.9 Å². The Bertz CT molecular complexity index is 571. The number of nitrogens with one attached hydrogen (secondary N) is 1. The molecule has 0 spiro atoms. The number of nitrogens with two attached hydrogens (primary N) is 1. The van der Waals surface area contributed by atoms with Gasteiger partial charge in [-0.1, -0.05) is 6.92 Å². The minimum atomic E-state index is -0.330. The second-order valence-corrected chi connectivity index (χ2v) is 7.08. The molecule has 0 unspecified atom stereocenters. The molecule has 1 saturated heterocycles. The summed E-state index contributed by atoms with van der Waals surface area (Å²) in [4.78, 5) is 30.8. The van der Waals surface area contributed by atoms with E-state index in [2.05, 4.69) is 17.2 Å². The third-order valence-corrected chi connectivity index (χ3v) is 5.31. The van der Waals surface area contributed by atoms with Crippen LogP contribution in [0.15, 0.2) is 0 Å². The van der Waals surface area contributed by atoms with Crippen molar-refractivity contribution >= 4 is 28.4 Å². The number of fused-ring (bicyclic) bond motifs is 1. The minimum absolute atomic E-state index is 0.183. The maximum atomic E-state index is 12.2. The summed E-state index contributed by atoms with van der Waals surface area (Å²) in [6.07, 6.45) is 3.86. The number of aryl methyl sites for hydroxylation is 1. The molecule has 1 fully saturated rings. The Morgan fingerprint density at radius 2 is 2.24 bits per heavy atom.